The van der Waals surface area contributed by atoms with Gasteiger partial charge in [-0.1, -0.05) is 42.5 Å². The molecule has 0 N–H and O–H groups in total. The van der Waals surface area contributed by atoms with Gasteiger partial charge < -0.3 is 4.74 Å². The van der Waals surface area contributed by atoms with Crippen molar-refractivity contribution in [1.82, 2.24) is 0 Å². The van der Waals surface area contributed by atoms with E-state index in [9.17, 15) is 9.59 Å². The maximum atomic E-state index is 13.1. The molecule has 28 heavy (non-hydrogen) atoms. The Kier molecular flexibility index (Phi) is 4.19. The molecule has 5 rings (SSSR count). The number of hydrogen-bond donors (Lipinski definition) is 0. The molecule has 2 aromatic carbocycles. The number of ether oxygens (including phenoxy) is 1. The highest BCUT2D eigenvalue weighted by Crippen LogP contribution is 2.43. The number of aliphatic imine (C=N–C) groups is 1. The zero-order valence-corrected chi connectivity index (χ0v) is 15.6. The first-order chi connectivity index (χ1) is 13.7. The lowest BCUT2D eigenvalue weighted by atomic mass is 9.75. The van der Waals surface area contributed by atoms with Crippen molar-refractivity contribution in [3.63, 3.8) is 0 Å². The Bertz CT molecular complexity index is 1020. The molecule has 2 atom stereocenters. The molecule has 0 bridgehead atoms. The Morgan fingerprint density at radius 2 is 1.64 bits per heavy atom. The maximum absolute atomic E-state index is 13.1. The van der Waals surface area contributed by atoms with Crippen LogP contribution in [0.25, 0.3) is 0 Å². The van der Waals surface area contributed by atoms with Gasteiger partial charge in [0.15, 0.2) is 11.7 Å². The van der Waals surface area contributed by atoms with E-state index in [-0.39, 0.29) is 11.7 Å². The average Bonchev–Trinajstić information content (AvgIpc) is 2.74. The fourth-order valence-corrected chi connectivity index (χ4v) is 4.63. The summed E-state index contributed by atoms with van der Waals surface area (Å²) >= 11 is 0. The summed E-state index contributed by atoms with van der Waals surface area (Å²) in [4.78, 5) is 30.7. The number of ketones is 1. The predicted molar refractivity (Wildman–Crippen MR) is 107 cm³/mol. The van der Waals surface area contributed by atoms with Crippen LogP contribution in [-0.4, -0.2) is 17.5 Å². The predicted octanol–water partition coefficient (Wildman–Crippen LogP) is 4.86. The van der Waals surface area contributed by atoms with Gasteiger partial charge in [0.1, 0.15) is 5.75 Å². The molecular weight excluding hydrogens is 350 g/mol. The highest BCUT2D eigenvalue weighted by Gasteiger charge is 2.42. The van der Waals surface area contributed by atoms with Gasteiger partial charge in [-0.15, -0.1) is 0 Å². The first-order valence-corrected chi connectivity index (χ1v) is 9.91. The number of rotatable bonds is 2. The Hall–Kier alpha value is -3.01. The fourth-order valence-electron chi connectivity index (χ4n) is 4.63. The van der Waals surface area contributed by atoms with Crippen molar-refractivity contribution in [2.75, 3.05) is 0 Å². The first kappa shape index (κ1) is 17.1. The van der Waals surface area contributed by atoms with Gasteiger partial charge in [-0.25, -0.2) is 0 Å². The van der Waals surface area contributed by atoms with Crippen LogP contribution in [0.3, 0.4) is 0 Å². The molecule has 1 aliphatic carbocycles. The number of benzene rings is 2. The highest BCUT2D eigenvalue weighted by molar-refractivity contribution is 6.27. The molecule has 2 heterocycles. The summed E-state index contributed by atoms with van der Waals surface area (Å²) in [5.41, 5.74) is 4.79. The number of hydrogen-bond acceptors (Lipinski definition) is 4. The van der Waals surface area contributed by atoms with Crippen molar-refractivity contribution in [3.05, 3.63) is 77.0 Å². The van der Waals surface area contributed by atoms with Crippen LogP contribution < -0.4 is 4.74 Å². The largest absolute Gasteiger partial charge is 0.425 e. The van der Waals surface area contributed by atoms with Crippen LogP contribution in [0.4, 0.5) is 0 Å². The van der Waals surface area contributed by atoms with Crippen LogP contribution in [0.2, 0.25) is 0 Å². The summed E-state index contributed by atoms with van der Waals surface area (Å²) < 4.78 is 5.49. The molecule has 140 valence electrons. The molecule has 0 amide bonds. The molecule has 0 spiro atoms. The van der Waals surface area contributed by atoms with Crippen molar-refractivity contribution in [1.29, 1.82) is 0 Å². The number of allylic oxidation sites excluding steroid dienone is 2. The zero-order chi connectivity index (χ0) is 19.1. The molecule has 1 unspecified atom stereocenters. The Labute approximate surface area is 163 Å². The minimum absolute atomic E-state index is 0.182. The van der Waals surface area contributed by atoms with E-state index in [1.54, 1.807) is 24.3 Å². The smallest absolute Gasteiger partial charge is 0.328 e. The van der Waals surface area contributed by atoms with Gasteiger partial charge in [-0.3, -0.25) is 14.6 Å². The van der Waals surface area contributed by atoms with Crippen molar-refractivity contribution < 1.29 is 14.3 Å². The zero-order valence-electron chi connectivity index (χ0n) is 15.6. The van der Waals surface area contributed by atoms with Crippen LogP contribution in [-0.2, 0) is 4.79 Å². The van der Waals surface area contributed by atoms with Crippen LogP contribution in [0.15, 0.2) is 70.9 Å². The average molecular weight is 371 g/mol. The lowest BCUT2D eigenvalue weighted by Gasteiger charge is -2.33. The second-order valence-electron chi connectivity index (χ2n) is 7.66. The third-order valence-electron chi connectivity index (χ3n) is 5.99. The molecule has 0 aromatic heterocycles. The second-order valence-corrected chi connectivity index (χ2v) is 7.66. The number of para-hydroxylation sites is 1. The number of Topliss-reactive ketones (excluding diaryl/α,β-unsaturated/α-hetero) is 1. The lowest BCUT2D eigenvalue weighted by molar-refractivity contribution is -0.136. The molecule has 2 aromatic rings. The minimum atomic E-state index is -0.933. The number of carbonyl (C=O) groups is 2. The molecule has 3 aliphatic rings. The molecule has 2 aliphatic heterocycles. The Morgan fingerprint density at radius 1 is 0.893 bits per heavy atom. The summed E-state index contributed by atoms with van der Waals surface area (Å²) in [6, 6.07) is 17.3. The third-order valence-corrected chi connectivity index (χ3v) is 5.99. The van der Waals surface area contributed by atoms with Gasteiger partial charge in [0.25, 0.3) is 0 Å². The van der Waals surface area contributed by atoms with Crippen LogP contribution in [0.5, 0.6) is 5.75 Å². The van der Waals surface area contributed by atoms with Gasteiger partial charge in [0, 0.05) is 17.3 Å². The van der Waals surface area contributed by atoms with Crippen molar-refractivity contribution in [2.24, 2.45) is 10.9 Å². The summed E-state index contributed by atoms with van der Waals surface area (Å²) in [6.07, 6.45) is 4.82. The number of fused-ring (bicyclic) bond motifs is 1. The van der Waals surface area contributed by atoms with Crippen LogP contribution in [0.1, 0.15) is 53.9 Å². The van der Waals surface area contributed by atoms with E-state index >= 15 is 0 Å². The van der Waals surface area contributed by atoms with Gasteiger partial charge in [-0.05, 0) is 55.4 Å². The van der Waals surface area contributed by atoms with Crippen molar-refractivity contribution in [3.8, 4) is 5.75 Å². The van der Waals surface area contributed by atoms with E-state index in [0.29, 0.717) is 23.4 Å². The molecule has 0 saturated heterocycles. The Morgan fingerprint density at radius 3 is 2.50 bits per heavy atom. The lowest BCUT2D eigenvalue weighted by Crippen LogP contribution is -2.40. The topological polar surface area (TPSA) is 55.7 Å². The second kappa shape index (κ2) is 6.86. The summed E-state index contributed by atoms with van der Waals surface area (Å²) in [7, 11) is 0. The molecule has 4 heteroatoms. The van der Waals surface area contributed by atoms with E-state index < -0.39 is 11.9 Å². The molecule has 4 nitrogen and oxygen atoms in total. The summed E-state index contributed by atoms with van der Waals surface area (Å²) in [5.74, 6) is -1.10. The molecule has 0 fully saturated rings. The third kappa shape index (κ3) is 2.80. The van der Waals surface area contributed by atoms with E-state index in [1.165, 1.54) is 17.6 Å². The van der Waals surface area contributed by atoms with Crippen LogP contribution in [0, 0.1) is 5.92 Å². The normalized spacial score (nSPS) is 24.2. The summed E-state index contributed by atoms with van der Waals surface area (Å²) in [5, 5.41) is 0. The summed E-state index contributed by atoms with van der Waals surface area (Å²) in [6.45, 7) is 0. The molecule has 0 saturated carbocycles. The molecular formula is C24H21NO3. The van der Waals surface area contributed by atoms with Gasteiger partial charge in [-0.2, -0.15) is 0 Å². The fraction of sp³-hybridized carbons (Fsp3) is 0.292. The van der Waals surface area contributed by atoms with Crippen LogP contribution >= 0.6 is 0 Å². The SMILES string of the molecule is O=C1Oc2ccccc2C(=O)C1C1=NC2=C(CCCC2)[C@@H](c2ccccc2)C1. The van der Waals surface area contributed by atoms with E-state index in [1.807, 2.05) is 18.2 Å². The van der Waals surface area contributed by atoms with Gasteiger partial charge in [0.2, 0.25) is 0 Å². The van der Waals surface area contributed by atoms with E-state index in [2.05, 4.69) is 12.1 Å². The maximum Gasteiger partial charge on any atom is 0.328 e. The molecule has 0 radical (unpaired) electrons. The number of carbonyl (C=O) groups excluding carboxylic acids is 2. The quantitative estimate of drug-likeness (QED) is 0.430. The Balaban J connectivity index is 1.57. The van der Waals surface area contributed by atoms with E-state index in [4.69, 9.17) is 9.73 Å². The van der Waals surface area contributed by atoms with E-state index in [0.717, 1.165) is 25.0 Å². The monoisotopic (exact) mass is 371 g/mol. The number of nitrogens with zero attached hydrogens (tertiary/aromatic N) is 1. The highest BCUT2D eigenvalue weighted by atomic mass is 16.5. The van der Waals surface area contributed by atoms with Gasteiger partial charge >= 0.3 is 5.97 Å². The number of esters is 1. The first-order valence-electron chi connectivity index (χ1n) is 9.91. The standard InChI is InChI=1S/C24H21NO3/c26-23-17-11-5-7-13-21(17)28-24(27)22(23)20-14-18(15-8-2-1-3-9-15)16-10-4-6-12-19(16)25-20/h1-3,5,7-9,11,13,18,22H,4,6,10,12,14H2/t18-,22?/m1/s1. The van der Waals surface area contributed by atoms with Crippen molar-refractivity contribution >= 4 is 17.5 Å². The van der Waals surface area contributed by atoms with Gasteiger partial charge in [0.05, 0.1) is 5.56 Å². The minimum Gasteiger partial charge on any atom is -0.425 e. The van der Waals surface area contributed by atoms with Crippen molar-refractivity contribution in [2.45, 2.75) is 38.0 Å².